The first kappa shape index (κ1) is 16.9. The highest BCUT2D eigenvalue weighted by atomic mass is 35.5. The molecule has 0 atom stereocenters. The first-order chi connectivity index (χ1) is 12.1. The number of nitrogens with zero attached hydrogens (tertiary/aromatic N) is 2. The van der Waals surface area contributed by atoms with Gasteiger partial charge in [0.05, 0.1) is 23.0 Å². The lowest BCUT2D eigenvalue weighted by Gasteiger charge is -2.10. The summed E-state index contributed by atoms with van der Waals surface area (Å²) in [5.74, 6) is -0.204. The molecule has 0 saturated heterocycles. The maximum atomic E-state index is 13.2. The van der Waals surface area contributed by atoms with Crippen LogP contribution in [0.25, 0.3) is 0 Å². The number of aromatic nitrogens is 2. The van der Waals surface area contributed by atoms with Crippen molar-refractivity contribution >= 4 is 23.2 Å². The van der Waals surface area contributed by atoms with Gasteiger partial charge in [-0.3, -0.25) is 4.79 Å². The van der Waals surface area contributed by atoms with E-state index in [1.54, 1.807) is 36.4 Å². The zero-order valence-electron chi connectivity index (χ0n) is 12.9. The van der Waals surface area contributed by atoms with Crippen molar-refractivity contribution in [2.45, 2.75) is 6.61 Å². The third-order valence-corrected chi connectivity index (χ3v) is 3.61. The monoisotopic (exact) mass is 357 g/mol. The van der Waals surface area contributed by atoms with Crippen LogP contribution in [-0.2, 0) is 6.61 Å². The van der Waals surface area contributed by atoms with E-state index in [0.717, 1.165) is 0 Å². The topological polar surface area (TPSA) is 64.1 Å². The molecule has 25 heavy (non-hydrogen) atoms. The molecule has 3 aromatic rings. The molecule has 0 aliphatic rings. The van der Waals surface area contributed by atoms with E-state index in [1.165, 1.54) is 24.5 Å². The second-order valence-corrected chi connectivity index (χ2v) is 5.56. The minimum Gasteiger partial charge on any atom is -0.487 e. The largest absolute Gasteiger partial charge is 0.487 e. The molecule has 0 unspecified atom stereocenters. The summed E-state index contributed by atoms with van der Waals surface area (Å²) >= 11 is 6.18. The number of hydrogen-bond acceptors (Lipinski definition) is 4. The number of halogens is 2. The van der Waals surface area contributed by atoms with Gasteiger partial charge in [-0.2, -0.15) is 10.2 Å². The quantitative estimate of drug-likeness (QED) is 0.746. The standard InChI is InChI=1S/C18H13ClFN3O2/c19-16-9-15(23-18(24)13-6-7-21-22-10-13)4-5-17(16)25-11-12-2-1-3-14(20)8-12/h1-10H,11H2,(H,23,24). The van der Waals surface area contributed by atoms with Crippen LogP contribution in [0, 0.1) is 5.82 Å². The van der Waals surface area contributed by atoms with Crippen molar-refractivity contribution in [1.29, 1.82) is 0 Å². The second-order valence-electron chi connectivity index (χ2n) is 5.15. The number of ether oxygens (including phenoxy) is 1. The minimum absolute atomic E-state index is 0.186. The fourth-order valence-electron chi connectivity index (χ4n) is 2.11. The van der Waals surface area contributed by atoms with Crippen molar-refractivity contribution < 1.29 is 13.9 Å². The molecule has 2 aromatic carbocycles. The molecular formula is C18H13ClFN3O2. The molecule has 0 fully saturated rings. The molecule has 1 aromatic heterocycles. The summed E-state index contributed by atoms with van der Waals surface area (Å²) in [6, 6.07) is 12.6. The predicted octanol–water partition coefficient (Wildman–Crippen LogP) is 4.10. The molecule has 0 saturated carbocycles. The van der Waals surface area contributed by atoms with E-state index in [0.29, 0.717) is 27.6 Å². The van der Waals surface area contributed by atoms with Crippen LogP contribution in [0.1, 0.15) is 15.9 Å². The maximum absolute atomic E-state index is 13.2. The summed E-state index contributed by atoms with van der Waals surface area (Å²) in [7, 11) is 0. The van der Waals surface area contributed by atoms with Crippen molar-refractivity contribution in [2.75, 3.05) is 5.32 Å². The van der Waals surface area contributed by atoms with Crippen molar-refractivity contribution in [1.82, 2.24) is 10.2 Å². The number of carbonyl (C=O) groups excluding carboxylic acids is 1. The van der Waals surface area contributed by atoms with Crippen molar-refractivity contribution in [2.24, 2.45) is 0 Å². The Bertz CT molecular complexity index is 890. The summed E-state index contributed by atoms with van der Waals surface area (Å²) in [4.78, 5) is 12.1. The second kappa shape index (κ2) is 7.72. The van der Waals surface area contributed by atoms with Crippen LogP contribution in [0.4, 0.5) is 10.1 Å². The van der Waals surface area contributed by atoms with Crippen molar-refractivity contribution in [3.63, 3.8) is 0 Å². The molecular weight excluding hydrogens is 345 g/mol. The molecule has 0 aliphatic carbocycles. The van der Waals surface area contributed by atoms with Crippen LogP contribution in [-0.4, -0.2) is 16.1 Å². The Balaban J connectivity index is 1.65. The summed E-state index contributed by atoms with van der Waals surface area (Å²) in [6.45, 7) is 0.186. The third-order valence-electron chi connectivity index (χ3n) is 3.32. The fourth-order valence-corrected chi connectivity index (χ4v) is 2.35. The number of carbonyl (C=O) groups is 1. The van der Waals surface area contributed by atoms with Gasteiger partial charge < -0.3 is 10.1 Å². The Hall–Kier alpha value is -2.99. The summed E-state index contributed by atoms with van der Waals surface area (Å²) in [5.41, 5.74) is 1.60. The minimum atomic E-state index is -0.323. The molecule has 7 heteroatoms. The maximum Gasteiger partial charge on any atom is 0.257 e. The van der Waals surface area contributed by atoms with Crippen molar-refractivity contribution in [3.8, 4) is 5.75 Å². The normalized spacial score (nSPS) is 10.3. The Morgan fingerprint density at radius 3 is 2.76 bits per heavy atom. The lowest BCUT2D eigenvalue weighted by atomic mass is 10.2. The number of benzene rings is 2. The average molecular weight is 358 g/mol. The number of nitrogens with one attached hydrogen (secondary N) is 1. The van der Waals surface area contributed by atoms with Gasteiger partial charge in [-0.25, -0.2) is 4.39 Å². The lowest BCUT2D eigenvalue weighted by Crippen LogP contribution is -2.12. The molecule has 1 heterocycles. The van der Waals surface area contributed by atoms with Crippen LogP contribution >= 0.6 is 11.6 Å². The highest BCUT2D eigenvalue weighted by molar-refractivity contribution is 6.32. The molecule has 0 bridgehead atoms. The highest BCUT2D eigenvalue weighted by Crippen LogP contribution is 2.28. The molecule has 0 spiro atoms. The van der Waals surface area contributed by atoms with Crippen LogP contribution in [0.3, 0.4) is 0 Å². The van der Waals surface area contributed by atoms with Gasteiger partial charge in [0.1, 0.15) is 18.2 Å². The number of rotatable bonds is 5. The van der Waals surface area contributed by atoms with E-state index < -0.39 is 0 Å². The Labute approximate surface area is 148 Å². The lowest BCUT2D eigenvalue weighted by molar-refractivity contribution is 0.102. The summed E-state index contributed by atoms with van der Waals surface area (Å²) in [5, 5.41) is 10.3. The first-order valence-electron chi connectivity index (χ1n) is 7.36. The zero-order valence-corrected chi connectivity index (χ0v) is 13.7. The SMILES string of the molecule is O=C(Nc1ccc(OCc2cccc(F)c2)c(Cl)c1)c1ccnnc1. The van der Waals surface area contributed by atoms with E-state index in [4.69, 9.17) is 16.3 Å². The number of amides is 1. The van der Waals surface area contributed by atoms with E-state index in [2.05, 4.69) is 15.5 Å². The van der Waals surface area contributed by atoms with Crippen LogP contribution in [0.2, 0.25) is 5.02 Å². The van der Waals surface area contributed by atoms with Crippen molar-refractivity contribution in [3.05, 3.63) is 82.9 Å². The smallest absolute Gasteiger partial charge is 0.257 e. The highest BCUT2D eigenvalue weighted by Gasteiger charge is 2.09. The van der Waals surface area contributed by atoms with E-state index in [9.17, 15) is 9.18 Å². The third kappa shape index (κ3) is 4.51. The predicted molar refractivity (Wildman–Crippen MR) is 92.2 cm³/mol. The van der Waals surface area contributed by atoms with Gasteiger partial charge in [-0.15, -0.1) is 0 Å². The van der Waals surface area contributed by atoms with Gasteiger partial charge in [0, 0.05) is 5.69 Å². The summed E-state index contributed by atoms with van der Waals surface area (Å²) < 4.78 is 18.7. The van der Waals surface area contributed by atoms with E-state index in [-0.39, 0.29) is 18.3 Å². The molecule has 1 amide bonds. The van der Waals surface area contributed by atoms with Gasteiger partial charge >= 0.3 is 0 Å². The molecule has 0 aliphatic heterocycles. The van der Waals surface area contributed by atoms with Crippen LogP contribution in [0.15, 0.2) is 60.9 Å². The van der Waals surface area contributed by atoms with Gasteiger partial charge in [0.2, 0.25) is 0 Å². The van der Waals surface area contributed by atoms with Gasteiger partial charge in [0.25, 0.3) is 5.91 Å². The fraction of sp³-hybridized carbons (Fsp3) is 0.0556. The van der Waals surface area contributed by atoms with Crippen LogP contribution < -0.4 is 10.1 Å². The Kier molecular flexibility index (Phi) is 5.20. The van der Waals surface area contributed by atoms with Gasteiger partial charge in [-0.1, -0.05) is 23.7 Å². The Morgan fingerprint density at radius 2 is 2.04 bits per heavy atom. The molecule has 126 valence electrons. The molecule has 1 N–H and O–H groups in total. The van der Waals surface area contributed by atoms with Crippen LogP contribution in [0.5, 0.6) is 5.75 Å². The van der Waals surface area contributed by atoms with Gasteiger partial charge in [-0.05, 0) is 42.0 Å². The zero-order chi connectivity index (χ0) is 17.6. The first-order valence-corrected chi connectivity index (χ1v) is 7.74. The summed E-state index contributed by atoms with van der Waals surface area (Å²) in [6.07, 6.45) is 2.80. The average Bonchev–Trinajstić information content (AvgIpc) is 2.62. The Morgan fingerprint density at radius 1 is 1.16 bits per heavy atom. The van der Waals surface area contributed by atoms with E-state index in [1.807, 2.05) is 0 Å². The molecule has 5 nitrogen and oxygen atoms in total. The molecule has 3 rings (SSSR count). The van der Waals surface area contributed by atoms with E-state index >= 15 is 0 Å². The van der Waals surface area contributed by atoms with Gasteiger partial charge in [0.15, 0.2) is 0 Å². The molecule has 0 radical (unpaired) electrons. The number of anilines is 1. The number of hydrogen-bond donors (Lipinski definition) is 1.